The van der Waals surface area contributed by atoms with Gasteiger partial charge in [0.05, 0.1) is 6.61 Å². The molecule has 0 aromatic carbocycles. The van der Waals surface area contributed by atoms with Crippen LogP contribution in [-0.4, -0.2) is 55.7 Å². The molecule has 2 aromatic rings. The number of aromatic nitrogens is 4. The lowest BCUT2D eigenvalue weighted by molar-refractivity contribution is -0.191. The highest BCUT2D eigenvalue weighted by Crippen LogP contribution is 2.44. The van der Waals surface area contributed by atoms with Gasteiger partial charge in [-0.15, -0.1) is 0 Å². The Kier molecular flexibility index (Phi) is 2.89. The summed E-state index contributed by atoms with van der Waals surface area (Å²) in [7, 11) is 0. The number of ether oxygens (including phenoxy) is 3. The maximum Gasteiger partial charge on any atom is 0.183 e. The van der Waals surface area contributed by atoms with Crippen LogP contribution in [0.3, 0.4) is 0 Å². The van der Waals surface area contributed by atoms with Crippen molar-refractivity contribution in [2.75, 3.05) is 12.3 Å². The molecule has 2 aliphatic heterocycles. The fourth-order valence-electron chi connectivity index (χ4n) is 3.05. The molecule has 0 spiro atoms. The number of anilines is 1. The Hall–Kier alpha value is -1.81. The van der Waals surface area contributed by atoms with Crippen LogP contribution < -0.4 is 5.73 Å². The number of nitrogen functional groups attached to an aromatic ring is 1. The number of hydrogen-bond acceptors (Lipinski definition) is 8. The van der Waals surface area contributed by atoms with Gasteiger partial charge in [-0.3, -0.25) is 0 Å². The summed E-state index contributed by atoms with van der Waals surface area (Å²) in [5, 5.41) is 9.50. The van der Waals surface area contributed by atoms with Crippen LogP contribution in [0.5, 0.6) is 0 Å². The maximum atomic E-state index is 9.50. The minimum absolute atomic E-state index is 0.153. The SMILES string of the molecule is CC1(C)OC2C(CO)OC(c3nc4ncnc(N)c4[nH]3)C2O1. The minimum atomic E-state index is -0.727. The highest BCUT2D eigenvalue weighted by atomic mass is 16.8. The molecule has 2 saturated heterocycles. The molecule has 9 heteroatoms. The third kappa shape index (κ3) is 1.97. The molecule has 2 aliphatic rings. The van der Waals surface area contributed by atoms with E-state index in [0.717, 1.165) is 0 Å². The predicted octanol–water partition coefficient (Wildman–Crippen LogP) is -0.113. The minimum Gasteiger partial charge on any atom is -0.394 e. The van der Waals surface area contributed by atoms with Crippen molar-refractivity contribution in [2.24, 2.45) is 0 Å². The number of nitrogens with two attached hydrogens (primary N) is 1. The van der Waals surface area contributed by atoms with Crippen LogP contribution in [0.25, 0.3) is 11.2 Å². The highest BCUT2D eigenvalue weighted by Gasteiger charge is 2.56. The smallest absolute Gasteiger partial charge is 0.183 e. The molecule has 4 rings (SSSR count). The number of fused-ring (bicyclic) bond motifs is 2. The molecule has 2 fully saturated rings. The first-order valence-electron chi connectivity index (χ1n) is 7.06. The molecular weight excluding hydrogens is 290 g/mol. The lowest BCUT2D eigenvalue weighted by Gasteiger charge is -2.22. The Morgan fingerprint density at radius 2 is 2.09 bits per heavy atom. The van der Waals surface area contributed by atoms with E-state index in [1.165, 1.54) is 6.33 Å². The van der Waals surface area contributed by atoms with Crippen LogP contribution in [0.1, 0.15) is 25.8 Å². The van der Waals surface area contributed by atoms with E-state index in [-0.39, 0.29) is 18.8 Å². The van der Waals surface area contributed by atoms with Crippen LogP contribution in [-0.2, 0) is 14.2 Å². The third-order valence-corrected chi connectivity index (χ3v) is 3.94. The average Bonchev–Trinajstić information content (AvgIpc) is 3.09. The molecular formula is C13H17N5O4. The number of aliphatic hydroxyl groups excluding tert-OH is 1. The van der Waals surface area contributed by atoms with E-state index in [0.29, 0.717) is 22.8 Å². The maximum absolute atomic E-state index is 9.50. The second-order valence-electron chi connectivity index (χ2n) is 5.92. The summed E-state index contributed by atoms with van der Waals surface area (Å²) in [6, 6.07) is 0. The van der Waals surface area contributed by atoms with Gasteiger partial charge in [0.1, 0.15) is 42.1 Å². The number of nitrogens with zero attached hydrogens (tertiary/aromatic N) is 3. The molecule has 2 aromatic heterocycles. The van der Waals surface area contributed by atoms with Crippen molar-refractivity contribution in [3.8, 4) is 0 Å². The van der Waals surface area contributed by atoms with Crippen LogP contribution in [0.4, 0.5) is 5.82 Å². The van der Waals surface area contributed by atoms with Gasteiger partial charge in [0.2, 0.25) is 0 Å². The molecule has 4 atom stereocenters. The number of H-pyrrole nitrogens is 1. The molecule has 4 N–H and O–H groups in total. The van der Waals surface area contributed by atoms with Gasteiger partial charge in [-0.1, -0.05) is 0 Å². The van der Waals surface area contributed by atoms with E-state index in [1.54, 1.807) is 0 Å². The summed E-state index contributed by atoms with van der Waals surface area (Å²) < 4.78 is 17.6. The summed E-state index contributed by atoms with van der Waals surface area (Å²) in [6.07, 6.45) is -0.301. The van der Waals surface area contributed by atoms with Crippen molar-refractivity contribution in [3.05, 3.63) is 12.2 Å². The summed E-state index contributed by atoms with van der Waals surface area (Å²) in [6.45, 7) is 3.51. The van der Waals surface area contributed by atoms with E-state index in [9.17, 15) is 5.11 Å². The predicted molar refractivity (Wildman–Crippen MR) is 74.6 cm³/mol. The van der Waals surface area contributed by atoms with Crippen LogP contribution in [0.15, 0.2) is 6.33 Å². The molecule has 9 nitrogen and oxygen atoms in total. The van der Waals surface area contributed by atoms with E-state index in [1.807, 2.05) is 13.8 Å². The molecule has 0 radical (unpaired) electrons. The summed E-state index contributed by atoms with van der Waals surface area (Å²) in [4.78, 5) is 15.5. The first-order valence-corrected chi connectivity index (χ1v) is 7.06. The van der Waals surface area contributed by atoms with E-state index in [4.69, 9.17) is 19.9 Å². The second kappa shape index (κ2) is 4.59. The van der Waals surface area contributed by atoms with Crippen molar-refractivity contribution in [1.82, 2.24) is 19.9 Å². The summed E-state index contributed by atoms with van der Waals surface area (Å²) >= 11 is 0. The van der Waals surface area contributed by atoms with Crippen LogP contribution in [0, 0.1) is 0 Å². The molecule has 22 heavy (non-hydrogen) atoms. The normalized spacial score (nSPS) is 33.4. The number of nitrogens with one attached hydrogen (secondary N) is 1. The standard InChI is InChI=1S/C13H17N5O4/c1-13(2)21-7-5(3-19)20-9(8(7)22-13)12-17-6-10(14)15-4-16-11(6)18-12/h4-5,7-9,19H,3H2,1-2H3,(H3,14,15,16,17,18). The van der Waals surface area contributed by atoms with Crippen LogP contribution >= 0.6 is 0 Å². The number of aliphatic hydroxyl groups is 1. The first-order chi connectivity index (χ1) is 10.5. The molecule has 4 heterocycles. The van der Waals surface area contributed by atoms with Gasteiger partial charge in [0, 0.05) is 0 Å². The number of rotatable bonds is 2. The quantitative estimate of drug-likeness (QED) is 0.701. The number of aromatic amines is 1. The van der Waals surface area contributed by atoms with Gasteiger partial charge in [0.15, 0.2) is 17.3 Å². The van der Waals surface area contributed by atoms with Gasteiger partial charge < -0.3 is 30.0 Å². The van der Waals surface area contributed by atoms with Crippen molar-refractivity contribution in [2.45, 2.75) is 44.1 Å². The highest BCUT2D eigenvalue weighted by molar-refractivity contribution is 5.81. The monoisotopic (exact) mass is 307 g/mol. The van der Waals surface area contributed by atoms with Gasteiger partial charge in [0.25, 0.3) is 0 Å². The molecule has 4 unspecified atom stereocenters. The Labute approximate surface area is 125 Å². The molecule has 118 valence electrons. The fraction of sp³-hybridized carbons (Fsp3) is 0.615. The molecule has 0 bridgehead atoms. The van der Waals surface area contributed by atoms with E-state index < -0.39 is 18.0 Å². The second-order valence-corrected chi connectivity index (χ2v) is 5.92. The number of imidazole rings is 1. The van der Waals surface area contributed by atoms with Crippen molar-refractivity contribution >= 4 is 17.0 Å². The zero-order valence-corrected chi connectivity index (χ0v) is 12.2. The molecule has 0 aliphatic carbocycles. The number of hydrogen-bond donors (Lipinski definition) is 3. The Bertz CT molecular complexity index is 718. The Balaban J connectivity index is 1.73. The Morgan fingerprint density at radius 1 is 1.32 bits per heavy atom. The lowest BCUT2D eigenvalue weighted by atomic mass is 10.1. The topological polar surface area (TPSA) is 128 Å². The zero-order chi connectivity index (χ0) is 15.5. The van der Waals surface area contributed by atoms with Gasteiger partial charge in [-0.2, -0.15) is 0 Å². The van der Waals surface area contributed by atoms with E-state index in [2.05, 4.69) is 19.9 Å². The average molecular weight is 307 g/mol. The van der Waals surface area contributed by atoms with Gasteiger partial charge >= 0.3 is 0 Å². The van der Waals surface area contributed by atoms with Crippen LogP contribution in [0.2, 0.25) is 0 Å². The zero-order valence-electron chi connectivity index (χ0n) is 12.2. The van der Waals surface area contributed by atoms with Crippen molar-refractivity contribution in [1.29, 1.82) is 0 Å². The Morgan fingerprint density at radius 3 is 2.82 bits per heavy atom. The van der Waals surface area contributed by atoms with Gasteiger partial charge in [-0.25, -0.2) is 15.0 Å². The fourth-order valence-corrected chi connectivity index (χ4v) is 3.05. The summed E-state index contributed by atoms with van der Waals surface area (Å²) in [5.74, 6) is 0.130. The lowest BCUT2D eigenvalue weighted by Crippen LogP contribution is -2.31. The largest absolute Gasteiger partial charge is 0.394 e. The third-order valence-electron chi connectivity index (χ3n) is 3.94. The van der Waals surface area contributed by atoms with E-state index >= 15 is 0 Å². The van der Waals surface area contributed by atoms with Crippen molar-refractivity contribution in [3.63, 3.8) is 0 Å². The first kappa shape index (κ1) is 13.8. The molecule has 0 saturated carbocycles. The van der Waals surface area contributed by atoms with Crippen molar-refractivity contribution < 1.29 is 19.3 Å². The summed E-state index contributed by atoms with van der Waals surface area (Å²) in [5.41, 5.74) is 6.84. The molecule has 0 amide bonds. The van der Waals surface area contributed by atoms with Gasteiger partial charge in [-0.05, 0) is 13.8 Å².